The van der Waals surface area contributed by atoms with Gasteiger partial charge in [0.15, 0.2) is 0 Å². The van der Waals surface area contributed by atoms with Gasteiger partial charge in [-0.1, -0.05) is 12.1 Å². The molecule has 0 saturated heterocycles. The van der Waals surface area contributed by atoms with Crippen LogP contribution in [0.3, 0.4) is 0 Å². The van der Waals surface area contributed by atoms with Gasteiger partial charge in [-0.05, 0) is 53.7 Å². The number of nitrogens with one attached hydrogen (secondary N) is 1. The highest BCUT2D eigenvalue weighted by atomic mass is 79.9. The van der Waals surface area contributed by atoms with Crippen LogP contribution in [0.15, 0.2) is 28.7 Å². The minimum absolute atomic E-state index is 0.0798. The van der Waals surface area contributed by atoms with Crippen molar-refractivity contribution in [1.82, 2.24) is 5.48 Å². The maximum absolute atomic E-state index is 11.9. The van der Waals surface area contributed by atoms with E-state index >= 15 is 0 Å². The largest absolute Gasteiger partial charge is 0.328 e. The molecule has 1 fully saturated rings. The van der Waals surface area contributed by atoms with Crippen LogP contribution >= 0.6 is 15.9 Å². The molecule has 98 valence electrons. The Hall–Kier alpha value is -0.910. The lowest BCUT2D eigenvalue weighted by atomic mass is 9.94. The zero-order valence-electron chi connectivity index (χ0n) is 10.1. The molecule has 1 aromatic rings. The molecule has 1 aromatic carbocycles. The molecule has 0 atom stereocenters. The van der Waals surface area contributed by atoms with E-state index in [1.165, 1.54) is 0 Å². The topological polar surface area (TPSA) is 64.3 Å². The predicted octanol–water partition coefficient (Wildman–Crippen LogP) is 2.38. The van der Waals surface area contributed by atoms with E-state index in [9.17, 15) is 4.79 Å². The van der Waals surface area contributed by atoms with Crippen molar-refractivity contribution in [1.29, 1.82) is 0 Å². The van der Waals surface area contributed by atoms with Crippen LogP contribution in [0.25, 0.3) is 0 Å². The second kappa shape index (κ2) is 6.31. The smallest absolute Gasteiger partial charge is 0.275 e. The fourth-order valence-corrected chi connectivity index (χ4v) is 2.51. The van der Waals surface area contributed by atoms with Crippen LogP contribution < -0.4 is 11.2 Å². The molecule has 3 N–H and O–H groups in total. The Bertz CT molecular complexity index is 417. The molecule has 0 aromatic heterocycles. The number of hydrogen-bond acceptors (Lipinski definition) is 3. The third kappa shape index (κ3) is 3.54. The standard InChI is InChI=1S/C13H17BrN2O2/c14-12-4-2-1-3-11(12)13(17)16-18-10-7-5-9(15)6-8-10/h1-4,9-10H,5-8,15H2,(H,16,17). The van der Waals surface area contributed by atoms with E-state index in [2.05, 4.69) is 21.4 Å². The molecule has 5 heteroatoms. The Balaban J connectivity index is 1.84. The maximum Gasteiger partial charge on any atom is 0.275 e. The van der Waals surface area contributed by atoms with Crippen LogP contribution in [-0.4, -0.2) is 18.1 Å². The van der Waals surface area contributed by atoms with Gasteiger partial charge in [-0.25, -0.2) is 5.48 Å². The van der Waals surface area contributed by atoms with Gasteiger partial charge in [-0.2, -0.15) is 0 Å². The van der Waals surface area contributed by atoms with Crippen LogP contribution in [0.2, 0.25) is 0 Å². The van der Waals surface area contributed by atoms with E-state index in [0.717, 1.165) is 30.2 Å². The van der Waals surface area contributed by atoms with Gasteiger partial charge in [0.25, 0.3) is 5.91 Å². The lowest BCUT2D eigenvalue weighted by Gasteiger charge is -2.25. The number of hydrogen-bond donors (Lipinski definition) is 2. The van der Waals surface area contributed by atoms with Gasteiger partial charge in [-0.15, -0.1) is 0 Å². The summed E-state index contributed by atoms with van der Waals surface area (Å²) in [5.74, 6) is -0.225. The molecule has 4 nitrogen and oxygen atoms in total. The molecule has 0 heterocycles. The summed E-state index contributed by atoms with van der Waals surface area (Å²) < 4.78 is 0.761. The first-order chi connectivity index (χ1) is 8.66. The Morgan fingerprint density at radius 1 is 1.28 bits per heavy atom. The summed E-state index contributed by atoms with van der Waals surface area (Å²) in [5.41, 5.74) is 8.90. The van der Waals surface area contributed by atoms with Crippen LogP contribution in [0, 0.1) is 0 Å². The van der Waals surface area contributed by atoms with Crippen molar-refractivity contribution in [3.8, 4) is 0 Å². The summed E-state index contributed by atoms with van der Waals surface area (Å²) in [4.78, 5) is 17.3. The number of carbonyl (C=O) groups is 1. The molecular formula is C13H17BrN2O2. The van der Waals surface area contributed by atoms with E-state index in [0.29, 0.717) is 5.56 Å². The number of carbonyl (C=O) groups excluding carboxylic acids is 1. The number of benzene rings is 1. The first-order valence-corrected chi connectivity index (χ1v) is 6.92. The normalized spacial score (nSPS) is 23.7. The summed E-state index contributed by atoms with van der Waals surface area (Å²) in [5, 5.41) is 0. The predicted molar refractivity (Wildman–Crippen MR) is 72.9 cm³/mol. The van der Waals surface area contributed by atoms with E-state index in [1.54, 1.807) is 6.07 Å². The Labute approximate surface area is 115 Å². The van der Waals surface area contributed by atoms with Crippen molar-refractivity contribution in [2.45, 2.75) is 37.8 Å². The fraction of sp³-hybridized carbons (Fsp3) is 0.462. The van der Waals surface area contributed by atoms with Gasteiger partial charge in [-0.3, -0.25) is 9.63 Å². The molecule has 1 saturated carbocycles. The van der Waals surface area contributed by atoms with Crippen LogP contribution in [-0.2, 0) is 4.84 Å². The van der Waals surface area contributed by atoms with Gasteiger partial charge in [0.1, 0.15) is 0 Å². The lowest BCUT2D eigenvalue weighted by Crippen LogP contribution is -2.35. The minimum Gasteiger partial charge on any atom is -0.328 e. The highest BCUT2D eigenvalue weighted by Gasteiger charge is 2.20. The Morgan fingerprint density at radius 3 is 2.61 bits per heavy atom. The fourth-order valence-electron chi connectivity index (χ4n) is 2.04. The average Bonchev–Trinajstić information content (AvgIpc) is 2.38. The summed E-state index contributed by atoms with van der Waals surface area (Å²) in [6.07, 6.45) is 3.79. The summed E-state index contributed by atoms with van der Waals surface area (Å²) in [6, 6.07) is 7.54. The number of halogens is 1. The molecule has 2 rings (SSSR count). The SMILES string of the molecule is NC1CCC(ONC(=O)c2ccccc2Br)CC1. The molecule has 18 heavy (non-hydrogen) atoms. The number of hydroxylamine groups is 1. The van der Waals surface area contributed by atoms with Crippen molar-refractivity contribution < 1.29 is 9.63 Å². The minimum atomic E-state index is -0.225. The van der Waals surface area contributed by atoms with Crippen molar-refractivity contribution in [2.75, 3.05) is 0 Å². The van der Waals surface area contributed by atoms with Crippen molar-refractivity contribution in [2.24, 2.45) is 5.73 Å². The molecule has 1 amide bonds. The van der Waals surface area contributed by atoms with E-state index in [4.69, 9.17) is 10.6 Å². The second-order valence-corrected chi connectivity index (χ2v) is 5.42. The molecule has 0 spiro atoms. The highest BCUT2D eigenvalue weighted by molar-refractivity contribution is 9.10. The third-order valence-corrected chi connectivity index (χ3v) is 3.85. The molecular weight excluding hydrogens is 296 g/mol. The van der Waals surface area contributed by atoms with E-state index in [1.807, 2.05) is 18.2 Å². The van der Waals surface area contributed by atoms with Crippen molar-refractivity contribution >= 4 is 21.8 Å². The van der Waals surface area contributed by atoms with Crippen LogP contribution in [0.1, 0.15) is 36.0 Å². The van der Waals surface area contributed by atoms with Crippen molar-refractivity contribution in [3.05, 3.63) is 34.3 Å². The highest BCUT2D eigenvalue weighted by Crippen LogP contribution is 2.20. The van der Waals surface area contributed by atoms with Crippen LogP contribution in [0.4, 0.5) is 0 Å². The third-order valence-electron chi connectivity index (χ3n) is 3.16. The van der Waals surface area contributed by atoms with Gasteiger partial charge in [0.05, 0.1) is 11.7 Å². The first-order valence-electron chi connectivity index (χ1n) is 6.13. The molecule has 1 aliphatic carbocycles. The van der Waals surface area contributed by atoms with Crippen LogP contribution in [0.5, 0.6) is 0 Å². The molecule has 1 aliphatic rings. The number of amides is 1. The van der Waals surface area contributed by atoms with E-state index in [-0.39, 0.29) is 18.1 Å². The monoisotopic (exact) mass is 312 g/mol. The number of rotatable bonds is 3. The lowest BCUT2D eigenvalue weighted by molar-refractivity contribution is -0.0331. The second-order valence-electron chi connectivity index (χ2n) is 4.57. The molecule has 0 aliphatic heterocycles. The Kier molecular flexibility index (Phi) is 4.74. The van der Waals surface area contributed by atoms with Gasteiger partial charge in [0, 0.05) is 10.5 Å². The Morgan fingerprint density at radius 2 is 1.94 bits per heavy atom. The first kappa shape index (κ1) is 13.5. The van der Waals surface area contributed by atoms with Gasteiger partial charge >= 0.3 is 0 Å². The zero-order chi connectivity index (χ0) is 13.0. The average molecular weight is 313 g/mol. The molecule has 0 bridgehead atoms. The summed E-state index contributed by atoms with van der Waals surface area (Å²) >= 11 is 3.34. The van der Waals surface area contributed by atoms with Gasteiger partial charge in [0.2, 0.25) is 0 Å². The summed E-state index contributed by atoms with van der Waals surface area (Å²) in [7, 11) is 0. The molecule has 0 radical (unpaired) electrons. The quantitative estimate of drug-likeness (QED) is 0.842. The number of nitrogens with two attached hydrogens (primary N) is 1. The van der Waals surface area contributed by atoms with E-state index < -0.39 is 0 Å². The summed E-state index contributed by atoms with van der Waals surface area (Å²) in [6.45, 7) is 0. The zero-order valence-corrected chi connectivity index (χ0v) is 11.7. The maximum atomic E-state index is 11.9. The van der Waals surface area contributed by atoms with Crippen molar-refractivity contribution in [3.63, 3.8) is 0 Å². The molecule has 0 unspecified atom stereocenters. The van der Waals surface area contributed by atoms with Gasteiger partial charge < -0.3 is 5.73 Å².